The van der Waals surface area contributed by atoms with Crippen molar-refractivity contribution in [3.63, 3.8) is 0 Å². The second-order valence-electron chi connectivity index (χ2n) is 6.72. The number of nitrogens with zero attached hydrogens (tertiary/aromatic N) is 2. The predicted molar refractivity (Wildman–Crippen MR) is 78.3 cm³/mol. The number of unbranched alkanes of at least 4 members (excludes halogenated alkanes) is 2. The smallest absolute Gasteiger partial charge is 0.410 e. The van der Waals surface area contributed by atoms with Crippen LogP contribution in [-0.4, -0.2) is 54.7 Å². The average molecular weight is 270 g/mol. The second kappa shape index (κ2) is 7.13. The maximum atomic E-state index is 11.8. The van der Waals surface area contributed by atoms with Crippen LogP contribution in [0.4, 0.5) is 4.79 Å². The Morgan fingerprint density at radius 3 is 2.47 bits per heavy atom. The fourth-order valence-corrected chi connectivity index (χ4v) is 2.32. The number of hydrogen-bond acceptors (Lipinski definition) is 3. The number of rotatable bonds is 6. The van der Waals surface area contributed by atoms with Crippen LogP contribution in [0.3, 0.4) is 0 Å². The van der Waals surface area contributed by atoms with E-state index in [2.05, 4.69) is 18.9 Å². The third kappa shape index (κ3) is 6.28. The van der Waals surface area contributed by atoms with E-state index in [9.17, 15) is 4.79 Å². The molecule has 0 N–H and O–H groups in total. The van der Waals surface area contributed by atoms with E-state index in [1.54, 1.807) is 4.90 Å². The maximum Gasteiger partial charge on any atom is 0.410 e. The summed E-state index contributed by atoms with van der Waals surface area (Å²) in [6, 6.07) is 0. The lowest BCUT2D eigenvalue weighted by Gasteiger charge is -2.41. The van der Waals surface area contributed by atoms with Crippen molar-refractivity contribution < 1.29 is 9.53 Å². The Morgan fingerprint density at radius 1 is 1.32 bits per heavy atom. The summed E-state index contributed by atoms with van der Waals surface area (Å²) in [6.45, 7) is 11.9. The molecule has 0 spiro atoms. The van der Waals surface area contributed by atoms with Crippen molar-refractivity contribution in [2.24, 2.45) is 5.92 Å². The summed E-state index contributed by atoms with van der Waals surface area (Å²) in [4.78, 5) is 16.0. The molecular formula is C15H30N2O2. The molecule has 4 nitrogen and oxygen atoms in total. The fourth-order valence-electron chi connectivity index (χ4n) is 2.32. The quantitative estimate of drug-likeness (QED) is 0.696. The van der Waals surface area contributed by atoms with Crippen LogP contribution in [0.15, 0.2) is 0 Å². The molecule has 0 unspecified atom stereocenters. The number of amides is 1. The van der Waals surface area contributed by atoms with Crippen molar-refractivity contribution in [1.29, 1.82) is 0 Å². The van der Waals surface area contributed by atoms with E-state index in [-0.39, 0.29) is 11.7 Å². The van der Waals surface area contributed by atoms with Crippen LogP contribution in [0.2, 0.25) is 0 Å². The zero-order chi connectivity index (χ0) is 14.5. The number of likely N-dealkylation sites (tertiary alicyclic amines) is 1. The summed E-state index contributed by atoms with van der Waals surface area (Å²) in [5, 5.41) is 0. The second-order valence-corrected chi connectivity index (χ2v) is 6.72. The highest BCUT2D eigenvalue weighted by atomic mass is 16.6. The average Bonchev–Trinajstić information content (AvgIpc) is 2.20. The summed E-state index contributed by atoms with van der Waals surface area (Å²) in [5.74, 6) is 0.610. The van der Waals surface area contributed by atoms with Gasteiger partial charge in [-0.15, -0.1) is 0 Å². The molecule has 19 heavy (non-hydrogen) atoms. The van der Waals surface area contributed by atoms with Gasteiger partial charge in [0, 0.05) is 25.6 Å². The summed E-state index contributed by atoms with van der Waals surface area (Å²) >= 11 is 0. The Bertz CT molecular complexity index is 280. The van der Waals surface area contributed by atoms with Gasteiger partial charge in [-0.1, -0.05) is 19.8 Å². The lowest BCUT2D eigenvalue weighted by Crippen LogP contribution is -2.54. The molecule has 1 saturated heterocycles. The highest BCUT2D eigenvalue weighted by Gasteiger charge is 2.33. The first-order valence-electron chi connectivity index (χ1n) is 7.48. The molecule has 1 heterocycles. The molecule has 0 aromatic heterocycles. The minimum Gasteiger partial charge on any atom is -0.444 e. The zero-order valence-electron chi connectivity index (χ0n) is 13.2. The van der Waals surface area contributed by atoms with Gasteiger partial charge in [0.2, 0.25) is 0 Å². The van der Waals surface area contributed by atoms with Gasteiger partial charge in [-0.3, -0.25) is 0 Å². The molecular weight excluding hydrogens is 240 g/mol. The van der Waals surface area contributed by atoms with Crippen molar-refractivity contribution in [1.82, 2.24) is 9.80 Å². The first-order chi connectivity index (χ1) is 8.81. The van der Waals surface area contributed by atoms with Crippen LogP contribution < -0.4 is 0 Å². The Balaban J connectivity index is 2.14. The van der Waals surface area contributed by atoms with E-state index in [1.807, 2.05) is 20.8 Å². The first-order valence-corrected chi connectivity index (χ1v) is 7.48. The Labute approximate surface area is 118 Å². The molecule has 0 aromatic carbocycles. The first kappa shape index (κ1) is 16.3. The van der Waals surface area contributed by atoms with Gasteiger partial charge < -0.3 is 14.5 Å². The maximum absolute atomic E-state index is 11.8. The Hall–Kier alpha value is -0.770. The summed E-state index contributed by atoms with van der Waals surface area (Å²) in [5.41, 5.74) is -0.390. The van der Waals surface area contributed by atoms with E-state index >= 15 is 0 Å². The van der Waals surface area contributed by atoms with Gasteiger partial charge in [0.05, 0.1) is 0 Å². The van der Waals surface area contributed by atoms with Crippen molar-refractivity contribution in [3.05, 3.63) is 0 Å². The van der Waals surface area contributed by atoms with E-state index in [0.29, 0.717) is 5.92 Å². The number of carbonyl (C=O) groups excluding carboxylic acids is 1. The monoisotopic (exact) mass is 270 g/mol. The van der Waals surface area contributed by atoms with Gasteiger partial charge in [0.15, 0.2) is 0 Å². The Morgan fingerprint density at radius 2 is 1.95 bits per heavy atom. The lowest BCUT2D eigenvalue weighted by molar-refractivity contribution is -0.00522. The van der Waals surface area contributed by atoms with Gasteiger partial charge in [-0.25, -0.2) is 4.79 Å². The minimum absolute atomic E-state index is 0.169. The fraction of sp³-hybridized carbons (Fsp3) is 0.933. The van der Waals surface area contributed by atoms with Gasteiger partial charge >= 0.3 is 6.09 Å². The van der Waals surface area contributed by atoms with Gasteiger partial charge in [-0.05, 0) is 40.8 Å². The number of hydrogen-bond donors (Lipinski definition) is 0. The normalized spacial score (nSPS) is 16.6. The van der Waals surface area contributed by atoms with Crippen LogP contribution >= 0.6 is 0 Å². The molecule has 0 aromatic rings. The molecule has 0 bridgehead atoms. The molecule has 0 radical (unpaired) electrons. The topological polar surface area (TPSA) is 32.8 Å². The minimum atomic E-state index is -0.390. The van der Waals surface area contributed by atoms with Gasteiger partial charge in [0.1, 0.15) is 5.60 Å². The molecule has 1 aliphatic heterocycles. The molecule has 1 rings (SSSR count). The van der Waals surface area contributed by atoms with E-state index in [1.165, 1.54) is 19.3 Å². The summed E-state index contributed by atoms with van der Waals surface area (Å²) in [7, 11) is 2.17. The predicted octanol–water partition coefficient (Wildman–Crippen LogP) is 2.98. The van der Waals surface area contributed by atoms with Gasteiger partial charge in [0.25, 0.3) is 0 Å². The SMILES string of the molecule is CCCCCN(C)CC1CN(C(=O)OC(C)(C)C)C1. The summed E-state index contributed by atoms with van der Waals surface area (Å²) < 4.78 is 5.35. The van der Waals surface area contributed by atoms with E-state index in [4.69, 9.17) is 4.74 Å². The molecule has 0 aliphatic carbocycles. The summed E-state index contributed by atoms with van der Waals surface area (Å²) in [6.07, 6.45) is 3.68. The molecule has 112 valence electrons. The van der Waals surface area contributed by atoms with Crippen LogP contribution in [0, 0.1) is 5.92 Å². The van der Waals surface area contributed by atoms with E-state index < -0.39 is 0 Å². The highest BCUT2D eigenvalue weighted by molar-refractivity contribution is 5.69. The van der Waals surface area contributed by atoms with Crippen molar-refractivity contribution >= 4 is 6.09 Å². The highest BCUT2D eigenvalue weighted by Crippen LogP contribution is 2.20. The van der Waals surface area contributed by atoms with Crippen molar-refractivity contribution in [2.45, 2.75) is 52.6 Å². The van der Waals surface area contributed by atoms with Crippen molar-refractivity contribution in [2.75, 3.05) is 33.2 Å². The number of ether oxygens (including phenoxy) is 1. The van der Waals surface area contributed by atoms with Crippen molar-refractivity contribution in [3.8, 4) is 0 Å². The molecule has 4 heteroatoms. The lowest BCUT2D eigenvalue weighted by atomic mass is 10.0. The van der Waals surface area contributed by atoms with Gasteiger partial charge in [-0.2, -0.15) is 0 Å². The third-order valence-electron chi connectivity index (χ3n) is 3.32. The van der Waals surface area contributed by atoms with Crippen LogP contribution in [-0.2, 0) is 4.74 Å². The van der Waals surface area contributed by atoms with Crippen LogP contribution in [0.25, 0.3) is 0 Å². The Kier molecular flexibility index (Phi) is 6.11. The standard InChI is InChI=1S/C15H30N2O2/c1-6-7-8-9-16(5)10-13-11-17(12-13)14(18)19-15(2,3)4/h13H,6-12H2,1-5H3. The molecule has 1 amide bonds. The molecule has 0 saturated carbocycles. The molecule has 0 atom stereocenters. The molecule has 1 aliphatic rings. The van der Waals surface area contributed by atoms with Crippen LogP contribution in [0.1, 0.15) is 47.0 Å². The largest absolute Gasteiger partial charge is 0.444 e. The van der Waals surface area contributed by atoms with Crippen LogP contribution in [0.5, 0.6) is 0 Å². The zero-order valence-corrected chi connectivity index (χ0v) is 13.2. The van der Waals surface area contributed by atoms with E-state index in [0.717, 1.165) is 26.2 Å². The number of carbonyl (C=O) groups is 1. The third-order valence-corrected chi connectivity index (χ3v) is 3.32. The molecule has 1 fully saturated rings.